The minimum absolute atomic E-state index is 0.0912. The first-order valence-corrected chi connectivity index (χ1v) is 19.1. The van der Waals surface area contributed by atoms with Gasteiger partial charge in [-0.1, -0.05) is 58.8 Å². The highest BCUT2D eigenvalue weighted by molar-refractivity contribution is 6.31. The molecule has 3 N–H and O–H groups in total. The van der Waals surface area contributed by atoms with Gasteiger partial charge in [0.15, 0.2) is 11.5 Å². The lowest BCUT2D eigenvalue weighted by atomic mass is 9.70. The Balaban J connectivity index is 0.000000629. The fraction of sp³-hybridized carbons (Fsp3) is 0.381. The highest BCUT2D eigenvalue weighted by atomic mass is 35.5. The van der Waals surface area contributed by atoms with Gasteiger partial charge in [0.2, 0.25) is 0 Å². The van der Waals surface area contributed by atoms with E-state index in [1.54, 1.807) is 19.8 Å². The molecule has 2 aromatic heterocycles. The quantitative estimate of drug-likeness (QED) is 0.106. The molecule has 2 aliphatic carbocycles. The van der Waals surface area contributed by atoms with Gasteiger partial charge >= 0.3 is 12.1 Å². The average Bonchev–Trinajstić information content (AvgIpc) is 3.62. The Morgan fingerprint density at radius 3 is 2.52 bits per heavy atom. The second-order valence-corrected chi connectivity index (χ2v) is 15.1. The molecule has 3 atom stereocenters. The standard InChI is InChI=1S/C40H43ClN6O2.C2HF3O2/c1-48-36-20-28-13-15-46(40(27-9-4-3-5-10-27)33(28)22-37(36)49-2)23-31-24-47(45-44-31)14-7-6-8-25-16-26-18-29(17-25)38-35(19-26)43-34-21-30(41)11-12-32(34)39(38)42;3-2(4,5)1(6)7/h3-5,9-12,16,20-22,24,26,29,40H,6-8,13-15,17-19,23H2,1-2H3,(H2,42,43);(H,6,7). The van der Waals surface area contributed by atoms with Crippen molar-refractivity contribution in [1.82, 2.24) is 24.9 Å². The van der Waals surface area contributed by atoms with E-state index < -0.39 is 12.1 Å². The summed E-state index contributed by atoms with van der Waals surface area (Å²) in [6.45, 7) is 2.51. The van der Waals surface area contributed by atoms with Gasteiger partial charge in [0.05, 0.1) is 31.5 Å². The number of unbranched alkanes of at least 4 members (excludes halogenated alkanes) is 1. The summed E-state index contributed by atoms with van der Waals surface area (Å²) >= 11 is 6.26. The van der Waals surface area contributed by atoms with E-state index in [4.69, 9.17) is 41.7 Å². The van der Waals surface area contributed by atoms with Gasteiger partial charge in [-0.15, -0.1) is 5.10 Å². The summed E-state index contributed by atoms with van der Waals surface area (Å²) in [5, 5.41) is 18.0. The van der Waals surface area contributed by atoms with Crippen molar-refractivity contribution < 1.29 is 32.5 Å². The first-order chi connectivity index (χ1) is 26.9. The Kier molecular flexibility index (Phi) is 11.5. The van der Waals surface area contributed by atoms with Crippen LogP contribution in [0.15, 0.2) is 78.5 Å². The number of carbonyl (C=O) groups is 1. The number of anilines is 1. The number of aryl methyl sites for hydroxylation is 1. The maximum absolute atomic E-state index is 10.6. The monoisotopic (exact) mass is 788 g/mol. The Morgan fingerprint density at radius 2 is 1.79 bits per heavy atom. The second kappa shape index (κ2) is 16.5. The van der Waals surface area contributed by atoms with Crippen LogP contribution in [-0.4, -0.2) is 62.9 Å². The average molecular weight is 789 g/mol. The fourth-order valence-corrected chi connectivity index (χ4v) is 8.69. The fourth-order valence-electron chi connectivity index (χ4n) is 8.52. The molecule has 8 rings (SSSR count). The molecule has 3 heterocycles. The van der Waals surface area contributed by atoms with Crippen molar-refractivity contribution in [3.63, 3.8) is 0 Å². The number of pyridine rings is 1. The number of benzene rings is 3. The molecule has 2 bridgehead atoms. The maximum Gasteiger partial charge on any atom is 0.490 e. The van der Waals surface area contributed by atoms with Crippen molar-refractivity contribution in [2.75, 3.05) is 26.5 Å². The summed E-state index contributed by atoms with van der Waals surface area (Å²) in [6, 6.07) is 20.9. The van der Waals surface area contributed by atoms with E-state index >= 15 is 0 Å². The number of rotatable bonds is 10. The minimum atomic E-state index is -5.08. The van der Waals surface area contributed by atoms with Gasteiger partial charge in [-0.2, -0.15) is 13.2 Å². The van der Waals surface area contributed by atoms with Crippen LogP contribution in [0.3, 0.4) is 0 Å². The molecule has 3 aliphatic rings. The molecule has 0 radical (unpaired) electrons. The topological polar surface area (TPSA) is 129 Å². The number of allylic oxidation sites excluding steroid dienone is 2. The summed E-state index contributed by atoms with van der Waals surface area (Å²) < 4.78 is 45.1. The maximum atomic E-state index is 10.6. The highest BCUT2D eigenvalue weighted by Crippen LogP contribution is 2.47. The molecule has 5 aromatic rings. The number of fused-ring (bicyclic) bond motifs is 6. The highest BCUT2D eigenvalue weighted by Gasteiger charge is 2.38. The van der Waals surface area contributed by atoms with Crippen molar-refractivity contribution in [3.05, 3.63) is 117 Å². The van der Waals surface area contributed by atoms with Crippen LogP contribution in [0.5, 0.6) is 11.5 Å². The van der Waals surface area contributed by atoms with Crippen molar-refractivity contribution in [2.45, 2.75) is 76.2 Å². The predicted molar refractivity (Wildman–Crippen MR) is 208 cm³/mol. The third-order valence-corrected chi connectivity index (χ3v) is 11.2. The smallest absolute Gasteiger partial charge is 0.490 e. The molecule has 3 aromatic carbocycles. The number of alkyl halides is 3. The Bertz CT molecular complexity index is 2250. The van der Waals surface area contributed by atoms with Crippen molar-refractivity contribution in [1.29, 1.82) is 0 Å². The number of hydrogen-bond donors (Lipinski definition) is 2. The number of carboxylic acid groups (broad SMARTS) is 1. The van der Waals surface area contributed by atoms with E-state index in [1.165, 1.54) is 28.7 Å². The van der Waals surface area contributed by atoms with E-state index in [2.05, 4.69) is 69.9 Å². The van der Waals surface area contributed by atoms with Crippen LogP contribution in [0.2, 0.25) is 5.02 Å². The number of aliphatic carboxylic acids is 1. The van der Waals surface area contributed by atoms with Gasteiger partial charge in [0.25, 0.3) is 0 Å². The summed E-state index contributed by atoms with van der Waals surface area (Å²) in [5.41, 5.74) is 17.4. The molecule has 1 aliphatic heterocycles. The summed E-state index contributed by atoms with van der Waals surface area (Å²) in [5.74, 6) is -0.240. The van der Waals surface area contributed by atoms with Crippen LogP contribution >= 0.6 is 11.6 Å². The number of nitrogens with zero attached hydrogens (tertiary/aromatic N) is 5. The lowest BCUT2D eigenvalue weighted by Gasteiger charge is -2.37. The molecule has 14 heteroatoms. The molecular weight excluding hydrogens is 745 g/mol. The zero-order valence-corrected chi connectivity index (χ0v) is 32.0. The van der Waals surface area contributed by atoms with Gasteiger partial charge in [-0.3, -0.25) is 14.6 Å². The normalized spacial score (nSPS) is 19.0. The molecule has 10 nitrogen and oxygen atoms in total. The van der Waals surface area contributed by atoms with Crippen molar-refractivity contribution >= 4 is 34.2 Å². The van der Waals surface area contributed by atoms with Crippen LogP contribution in [0, 0.1) is 5.92 Å². The summed E-state index contributed by atoms with van der Waals surface area (Å²) in [7, 11) is 3.39. The van der Waals surface area contributed by atoms with Crippen molar-refractivity contribution in [3.8, 4) is 11.5 Å². The van der Waals surface area contributed by atoms with Gasteiger partial charge in [-0.25, -0.2) is 4.79 Å². The van der Waals surface area contributed by atoms with Gasteiger partial charge < -0.3 is 20.3 Å². The Labute approximate surface area is 328 Å². The third kappa shape index (κ3) is 8.48. The van der Waals surface area contributed by atoms with Crippen LogP contribution in [0.1, 0.15) is 77.7 Å². The summed E-state index contributed by atoms with van der Waals surface area (Å²) in [4.78, 5) is 16.4. The van der Waals surface area contributed by atoms with Crippen LogP contribution < -0.4 is 15.2 Å². The SMILES string of the molecule is COc1cc2c(cc1OC)C(c1ccccc1)N(Cc1cn(CCCCC3=CC4Cc5nc6cc(Cl)ccc6c(N)c5C(C3)C4)nn1)CC2.O=C(O)C(F)(F)F. The number of hydrogen-bond acceptors (Lipinski definition) is 8. The lowest BCUT2D eigenvalue weighted by molar-refractivity contribution is -0.192. The van der Waals surface area contributed by atoms with Gasteiger partial charge in [-0.05, 0) is 104 Å². The number of aromatic nitrogens is 4. The molecule has 56 heavy (non-hydrogen) atoms. The number of nitrogen functional groups attached to an aromatic ring is 1. The molecule has 294 valence electrons. The van der Waals surface area contributed by atoms with Crippen LogP contribution in [0.25, 0.3) is 10.9 Å². The number of nitrogens with two attached hydrogens (primary N) is 1. The Hall–Kier alpha value is -5.14. The molecule has 0 amide bonds. The Morgan fingerprint density at radius 1 is 1.04 bits per heavy atom. The lowest BCUT2D eigenvalue weighted by Crippen LogP contribution is -2.35. The van der Waals surface area contributed by atoms with Gasteiger partial charge in [0, 0.05) is 53.2 Å². The number of methoxy groups -OCH3 is 2. The van der Waals surface area contributed by atoms with Crippen LogP contribution in [0.4, 0.5) is 18.9 Å². The first-order valence-electron chi connectivity index (χ1n) is 18.7. The number of ether oxygens (including phenoxy) is 2. The zero-order valence-electron chi connectivity index (χ0n) is 31.2. The molecular formula is C42H44ClF3N6O4. The van der Waals surface area contributed by atoms with E-state index in [9.17, 15) is 13.2 Å². The first kappa shape index (κ1) is 39.1. The molecule has 3 unspecified atom stereocenters. The van der Waals surface area contributed by atoms with E-state index in [1.807, 2.05) is 22.9 Å². The molecule has 0 saturated carbocycles. The molecule has 0 fully saturated rings. The minimum Gasteiger partial charge on any atom is -0.493 e. The number of carboxylic acids is 1. The van der Waals surface area contributed by atoms with E-state index in [0.29, 0.717) is 16.9 Å². The van der Waals surface area contributed by atoms with Crippen LogP contribution in [-0.2, 0) is 30.7 Å². The predicted octanol–water partition coefficient (Wildman–Crippen LogP) is 8.71. The third-order valence-electron chi connectivity index (χ3n) is 11.0. The molecule has 0 saturated heterocycles. The van der Waals surface area contributed by atoms with Crippen molar-refractivity contribution in [2.24, 2.45) is 5.92 Å². The zero-order chi connectivity index (χ0) is 39.6. The molecule has 0 spiro atoms. The van der Waals surface area contributed by atoms with Gasteiger partial charge in [0.1, 0.15) is 0 Å². The van der Waals surface area contributed by atoms with E-state index in [0.717, 1.165) is 97.6 Å². The summed E-state index contributed by atoms with van der Waals surface area (Å²) in [6.07, 6.45) is 7.00. The number of halogens is 4. The second-order valence-electron chi connectivity index (χ2n) is 14.6. The van der Waals surface area contributed by atoms with E-state index in [-0.39, 0.29) is 6.04 Å². The largest absolute Gasteiger partial charge is 0.493 e.